The van der Waals surface area contributed by atoms with Crippen LogP contribution in [-0.4, -0.2) is 52.9 Å². The lowest BCUT2D eigenvalue weighted by atomic mass is 10.2. The molecule has 0 unspecified atom stereocenters. The quantitative estimate of drug-likeness (QED) is 0.770. The van der Waals surface area contributed by atoms with E-state index in [2.05, 4.69) is 4.74 Å². The van der Waals surface area contributed by atoms with E-state index in [1.807, 2.05) is 4.72 Å². The molecule has 0 aliphatic heterocycles. The summed E-state index contributed by atoms with van der Waals surface area (Å²) in [5.74, 6) is -2.54. The number of sulfonamides is 1. The molecule has 0 bridgehead atoms. The number of amides is 1. The number of nitrogens with zero attached hydrogens (tertiary/aromatic N) is 1. The Hall–Kier alpha value is -2.00. The Bertz CT molecular complexity index is 658. The van der Waals surface area contributed by atoms with Crippen LogP contribution in [0.5, 0.6) is 0 Å². The van der Waals surface area contributed by atoms with Gasteiger partial charge in [-0.2, -0.15) is 0 Å². The molecule has 0 radical (unpaired) electrons. The molecule has 1 aromatic carbocycles. The van der Waals surface area contributed by atoms with Gasteiger partial charge in [0, 0.05) is 14.1 Å². The first kappa shape index (κ1) is 17.1. The number of hydrogen-bond donors (Lipinski definition) is 1. The molecule has 1 amide bonds. The van der Waals surface area contributed by atoms with E-state index in [1.165, 1.54) is 26.0 Å². The van der Waals surface area contributed by atoms with Crippen LogP contribution in [0.4, 0.5) is 4.39 Å². The van der Waals surface area contributed by atoms with Crippen molar-refractivity contribution < 1.29 is 27.1 Å². The van der Waals surface area contributed by atoms with E-state index in [4.69, 9.17) is 0 Å². The summed E-state index contributed by atoms with van der Waals surface area (Å²) in [4.78, 5) is 23.9. The summed E-state index contributed by atoms with van der Waals surface area (Å²) in [7, 11) is 0.310. The van der Waals surface area contributed by atoms with E-state index in [0.29, 0.717) is 0 Å². The Balaban J connectivity index is 3.00. The van der Waals surface area contributed by atoms with Crippen LogP contribution >= 0.6 is 0 Å². The van der Waals surface area contributed by atoms with Crippen LogP contribution in [-0.2, 0) is 19.6 Å². The zero-order chi connectivity index (χ0) is 16.2. The van der Waals surface area contributed by atoms with Crippen molar-refractivity contribution in [2.45, 2.75) is 4.90 Å². The highest BCUT2D eigenvalue weighted by molar-refractivity contribution is 7.89. The van der Waals surface area contributed by atoms with Crippen LogP contribution in [0.2, 0.25) is 0 Å². The number of nitrogens with one attached hydrogen (secondary N) is 1. The van der Waals surface area contributed by atoms with Crippen molar-refractivity contribution in [3.8, 4) is 0 Å². The molecular formula is C12H15FN2O5S. The molecule has 0 spiro atoms. The van der Waals surface area contributed by atoms with Crippen LogP contribution in [0.3, 0.4) is 0 Å². The van der Waals surface area contributed by atoms with Gasteiger partial charge in [0.05, 0.1) is 10.5 Å². The molecule has 0 aliphatic carbocycles. The summed E-state index contributed by atoms with van der Waals surface area (Å²) >= 11 is 0. The summed E-state index contributed by atoms with van der Waals surface area (Å²) in [6, 6.07) is 2.71. The number of esters is 1. The molecule has 0 atom stereocenters. The van der Waals surface area contributed by atoms with Crippen molar-refractivity contribution in [1.29, 1.82) is 0 Å². The average Bonchev–Trinajstić information content (AvgIpc) is 2.44. The zero-order valence-corrected chi connectivity index (χ0v) is 12.5. The molecule has 0 heterocycles. The second-order valence-electron chi connectivity index (χ2n) is 4.21. The molecule has 1 rings (SSSR count). The summed E-state index contributed by atoms with van der Waals surface area (Å²) < 4.78 is 43.5. The number of rotatable bonds is 5. The Morgan fingerprint density at radius 1 is 1.33 bits per heavy atom. The number of likely N-dealkylation sites (N-methyl/N-ethyl adjacent to an activating group) is 1. The largest absolute Gasteiger partial charge is 0.452 e. The number of benzene rings is 1. The molecule has 0 aromatic heterocycles. The minimum absolute atomic E-state index is 0.280. The maximum atomic E-state index is 13.6. The molecule has 0 aliphatic rings. The minimum Gasteiger partial charge on any atom is -0.452 e. The van der Waals surface area contributed by atoms with Gasteiger partial charge in [0.15, 0.2) is 6.61 Å². The molecule has 0 fully saturated rings. The minimum atomic E-state index is -3.82. The molecule has 116 valence electrons. The predicted octanol–water partition coefficient (Wildman–Crippen LogP) is -0.0212. The van der Waals surface area contributed by atoms with Crippen molar-refractivity contribution in [2.75, 3.05) is 27.7 Å². The van der Waals surface area contributed by atoms with Crippen LogP contribution in [0.25, 0.3) is 0 Å². The molecule has 0 saturated heterocycles. The van der Waals surface area contributed by atoms with Crippen LogP contribution in [0.1, 0.15) is 10.4 Å². The first-order chi connectivity index (χ1) is 9.69. The van der Waals surface area contributed by atoms with E-state index in [1.54, 1.807) is 0 Å². The lowest BCUT2D eigenvalue weighted by molar-refractivity contribution is -0.131. The third-order valence-corrected chi connectivity index (χ3v) is 3.97. The lowest BCUT2D eigenvalue weighted by Gasteiger charge is -2.11. The Morgan fingerprint density at radius 3 is 2.48 bits per heavy atom. The van der Waals surface area contributed by atoms with Crippen LogP contribution < -0.4 is 4.72 Å². The number of carbonyl (C=O) groups excluding carboxylic acids is 2. The van der Waals surface area contributed by atoms with E-state index in [9.17, 15) is 22.4 Å². The fourth-order valence-electron chi connectivity index (χ4n) is 1.28. The number of halogens is 1. The van der Waals surface area contributed by atoms with E-state index < -0.39 is 39.9 Å². The highest BCUT2D eigenvalue weighted by atomic mass is 32.2. The second-order valence-corrected chi connectivity index (χ2v) is 6.10. The average molecular weight is 318 g/mol. The third-order valence-electron chi connectivity index (χ3n) is 2.56. The molecule has 21 heavy (non-hydrogen) atoms. The van der Waals surface area contributed by atoms with Gasteiger partial charge in [0.1, 0.15) is 5.82 Å². The van der Waals surface area contributed by atoms with Gasteiger partial charge in [-0.3, -0.25) is 4.79 Å². The lowest BCUT2D eigenvalue weighted by Crippen LogP contribution is -2.27. The van der Waals surface area contributed by atoms with Crippen LogP contribution in [0.15, 0.2) is 23.1 Å². The molecule has 1 aromatic rings. The van der Waals surface area contributed by atoms with Gasteiger partial charge in [-0.25, -0.2) is 22.3 Å². The first-order valence-corrected chi connectivity index (χ1v) is 7.27. The predicted molar refractivity (Wildman–Crippen MR) is 71.6 cm³/mol. The van der Waals surface area contributed by atoms with Crippen molar-refractivity contribution in [2.24, 2.45) is 0 Å². The fraction of sp³-hybridized carbons (Fsp3) is 0.333. The van der Waals surface area contributed by atoms with E-state index in [0.717, 1.165) is 18.2 Å². The maximum absolute atomic E-state index is 13.6. The van der Waals surface area contributed by atoms with E-state index in [-0.39, 0.29) is 4.90 Å². The topological polar surface area (TPSA) is 92.8 Å². The highest BCUT2D eigenvalue weighted by Crippen LogP contribution is 2.16. The molecule has 0 saturated carbocycles. The fourth-order valence-corrected chi connectivity index (χ4v) is 2.04. The highest BCUT2D eigenvalue weighted by Gasteiger charge is 2.20. The molecule has 9 heteroatoms. The van der Waals surface area contributed by atoms with Gasteiger partial charge < -0.3 is 9.64 Å². The van der Waals surface area contributed by atoms with Gasteiger partial charge in [-0.1, -0.05) is 0 Å². The van der Waals surface area contributed by atoms with Gasteiger partial charge >= 0.3 is 5.97 Å². The normalized spacial score (nSPS) is 11.0. The summed E-state index contributed by atoms with van der Waals surface area (Å²) in [6.07, 6.45) is 0. The molecule has 1 N–H and O–H groups in total. The van der Waals surface area contributed by atoms with Crippen molar-refractivity contribution in [1.82, 2.24) is 9.62 Å². The number of ether oxygens (including phenoxy) is 1. The van der Waals surface area contributed by atoms with Gasteiger partial charge in [0.2, 0.25) is 10.0 Å². The Labute approximate surface area is 121 Å². The number of hydrogen-bond acceptors (Lipinski definition) is 5. The Kier molecular flexibility index (Phi) is 5.39. The standard InChI is InChI=1S/C12H15FN2O5S/c1-14-21(18,19)8-4-5-10(13)9(6-8)12(17)20-7-11(16)15(2)3/h4-6,14H,7H2,1-3H3. The summed E-state index contributed by atoms with van der Waals surface area (Å²) in [5, 5.41) is 0. The summed E-state index contributed by atoms with van der Waals surface area (Å²) in [5.41, 5.74) is -0.558. The maximum Gasteiger partial charge on any atom is 0.341 e. The molecular weight excluding hydrogens is 303 g/mol. The van der Waals surface area contributed by atoms with Gasteiger partial charge in [-0.05, 0) is 25.2 Å². The SMILES string of the molecule is CNS(=O)(=O)c1ccc(F)c(C(=O)OCC(=O)N(C)C)c1. The third kappa shape index (κ3) is 4.23. The second kappa shape index (κ2) is 6.64. The Morgan fingerprint density at radius 2 is 1.95 bits per heavy atom. The van der Waals surface area contributed by atoms with E-state index >= 15 is 0 Å². The number of carbonyl (C=O) groups is 2. The van der Waals surface area contributed by atoms with Gasteiger partial charge in [0.25, 0.3) is 5.91 Å². The monoisotopic (exact) mass is 318 g/mol. The smallest absolute Gasteiger partial charge is 0.341 e. The van der Waals surface area contributed by atoms with Crippen molar-refractivity contribution in [3.63, 3.8) is 0 Å². The summed E-state index contributed by atoms with van der Waals surface area (Å²) in [6.45, 7) is -0.561. The van der Waals surface area contributed by atoms with Crippen molar-refractivity contribution >= 4 is 21.9 Å². The first-order valence-electron chi connectivity index (χ1n) is 5.79. The molecule has 7 nitrogen and oxygen atoms in total. The van der Waals surface area contributed by atoms with Crippen molar-refractivity contribution in [3.05, 3.63) is 29.6 Å². The van der Waals surface area contributed by atoms with Gasteiger partial charge in [-0.15, -0.1) is 0 Å². The zero-order valence-electron chi connectivity index (χ0n) is 11.7. The van der Waals surface area contributed by atoms with Crippen LogP contribution in [0, 0.1) is 5.82 Å².